The number of nitrogens with zero attached hydrogens (tertiary/aromatic N) is 4. The van der Waals surface area contributed by atoms with Crippen LogP contribution in [-0.4, -0.2) is 45.4 Å². The molecule has 1 aliphatic rings. The van der Waals surface area contributed by atoms with E-state index >= 15 is 0 Å². The molecule has 160 valence electrons. The molecule has 8 nitrogen and oxygen atoms in total. The SMILES string of the molecule is Cc1c(-c2noc(C3CC3)c2C(=O)O)c2c(Cl)ncnc2n1COCC[Si](C)(C)C. The molecule has 3 aromatic rings. The van der Waals surface area contributed by atoms with Crippen molar-refractivity contribution in [3.8, 4) is 11.3 Å². The predicted octanol–water partition coefficient (Wildman–Crippen LogP) is 4.94. The van der Waals surface area contributed by atoms with Crippen LogP contribution in [0.25, 0.3) is 22.3 Å². The van der Waals surface area contributed by atoms with Gasteiger partial charge in [0, 0.05) is 31.9 Å². The third kappa shape index (κ3) is 3.89. The molecule has 0 aliphatic heterocycles. The molecule has 0 bridgehead atoms. The third-order valence-corrected chi connectivity index (χ3v) is 7.38. The summed E-state index contributed by atoms with van der Waals surface area (Å²) in [6, 6.07) is 1.05. The summed E-state index contributed by atoms with van der Waals surface area (Å²) in [5.74, 6) is -0.521. The van der Waals surface area contributed by atoms with Crippen LogP contribution >= 0.6 is 11.6 Å². The van der Waals surface area contributed by atoms with Crippen LogP contribution < -0.4 is 0 Å². The summed E-state index contributed by atoms with van der Waals surface area (Å²) in [6.45, 7) is 9.72. The first-order valence-electron chi connectivity index (χ1n) is 9.99. The maximum Gasteiger partial charge on any atom is 0.341 e. The van der Waals surface area contributed by atoms with Gasteiger partial charge in [-0.3, -0.25) is 0 Å². The molecule has 0 aromatic carbocycles. The van der Waals surface area contributed by atoms with Crippen molar-refractivity contribution in [2.75, 3.05) is 6.61 Å². The van der Waals surface area contributed by atoms with Gasteiger partial charge in [0.25, 0.3) is 0 Å². The van der Waals surface area contributed by atoms with Crippen molar-refractivity contribution in [2.45, 2.75) is 58.1 Å². The highest BCUT2D eigenvalue weighted by atomic mass is 35.5. The van der Waals surface area contributed by atoms with Crippen LogP contribution in [0.3, 0.4) is 0 Å². The summed E-state index contributed by atoms with van der Waals surface area (Å²) >= 11 is 6.43. The van der Waals surface area contributed by atoms with Crippen LogP contribution in [0.4, 0.5) is 0 Å². The first-order valence-corrected chi connectivity index (χ1v) is 14.1. The number of ether oxygens (including phenoxy) is 1. The zero-order valence-corrected chi connectivity index (χ0v) is 19.3. The van der Waals surface area contributed by atoms with E-state index in [1.807, 2.05) is 11.5 Å². The molecular weight excluding hydrogens is 424 g/mol. The van der Waals surface area contributed by atoms with E-state index in [2.05, 4.69) is 34.8 Å². The molecule has 30 heavy (non-hydrogen) atoms. The maximum absolute atomic E-state index is 12.1. The lowest BCUT2D eigenvalue weighted by Gasteiger charge is -2.16. The average Bonchev–Trinajstić information content (AvgIpc) is 3.34. The first-order chi connectivity index (χ1) is 14.2. The van der Waals surface area contributed by atoms with Gasteiger partial charge >= 0.3 is 5.97 Å². The van der Waals surface area contributed by atoms with E-state index in [9.17, 15) is 9.90 Å². The van der Waals surface area contributed by atoms with Crippen LogP contribution in [0.15, 0.2) is 10.9 Å². The molecule has 3 heterocycles. The monoisotopic (exact) mass is 448 g/mol. The number of aromatic nitrogens is 4. The molecule has 4 rings (SSSR count). The van der Waals surface area contributed by atoms with Crippen LogP contribution in [0.1, 0.15) is 40.6 Å². The van der Waals surface area contributed by atoms with Gasteiger partial charge in [-0.25, -0.2) is 14.8 Å². The Kier molecular flexibility index (Phi) is 5.46. The minimum absolute atomic E-state index is 0.0965. The van der Waals surface area contributed by atoms with Crippen LogP contribution in [-0.2, 0) is 11.5 Å². The Morgan fingerprint density at radius 1 is 1.37 bits per heavy atom. The number of carboxylic acids is 1. The van der Waals surface area contributed by atoms with Gasteiger partial charge in [-0.1, -0.05) is 36.4 Å². The Labute approximate surface area is 180 Å². The quantitative estimate of drug-likeness (QED) is 0.296. The van der Waals surface area contributed by atoms with Gasteiger partial charge in [0.15, 0.2) is 5.76 Å². The van der Waals surface area contributed by atoms with E-state index in [4.69, 9.17) is 20.9 Å². The van der Waals surface area contributed by atoms with E-state index in [-0.39, 0.29) is 29.1 Å². The van der Waals surface area contributed by atoms with Crippen molar-refractivity contribution in [1.82, 2.24) is 19.7 Å². The first kappa shape index (κ1) is 21.0. The smallest absolute Gasteiger partial charge is 0.341 e. The fourth-order valence-electron chi connectivity index (χ4n) is 3.54. The number of hydrogen-bond acceptors (Lipinski definition) is 6. The molecule has 1 N–H and O–H groups in total. The summed E-state index contributed by atoms with van der Waals surface area (Å²) in [4.78, 5) is 20.6. The van der Waals surface area contributed by atoms with Crippen molar-refractivity contribution < 1.29 is 19.2 Å². The lowest BCUT2D eigenvalue weighted by atomic mass is 10.0. The fourth-order valence-corrected chi connectivity index (χ4v) is 4.52. The summed E-state index contributed by atoms with van der Waals surface area (Å²) in [5, 5.41) is 14.8. The van der Waals surface area contributed by atoms with E-state index < -0.39 is 14.0 Å². The Morgan fingerprint density at radius 2 is 2.10 bits per heavy atom. The largest absolute Gasteiger partial charge is 0.477 e. The highest BCUT2D eigenvalue weighted by Crippen LogP contribution is 2.46. The van der Waals surface area contributed by atoms with Gasteiger partial charge < -0.3 is 18.9 Å². The van der Waals surface area contributed by atoms with Crippen molar-refractivity contribution in [3.05, 3.63) is 28.5 Å². The molecule has 1 aliphatic carbocycles. The normalized spacial score (nSPS) is 14.6. The van der Waals surface area contributed by atoms with Crippen LogP contribution in [0.2, 0.25) is 30.8 Å². The third-order valence-electron chi connectivity index (χ3n) is 5.39. The summed E-state index contributed by atoms with van der Waals surface area (Å²) < 4.78 is 13.3. The van der Waals surface area contributed by atoms with Gasteiger partial charge in [0.1, 0.15) is 35.1 Å². The Balaban J connectivity index is 1.80. The summed E-state index contributed by atoms with van der Waals surface area (Å²) in [6.07, 6.45) is 3.21. The topological polar surface area (TPSA) is 103 Å². The Hall–Kier alpha value is -2.23. The molecule has 3 aromatic heterocycles. The van der Waals surface area contributed by atoms with Crippen LogP contribution in [0, 0.1) is 6.92 Å². The second kappa shape index (κ2) is 7.79. The molecule has 0 unspecified atom stereocenters. The predicted molar refractivity (Wildman–Crippen MR) is 116 cm³/mol. The number of fused-ring (bicyclic) bond motifs is 1. The lowest BCUT2D eigenvalue weighted by Crippen LogP contribution is -2.22. The molecule has 1 fully saturated rings. The zero-order chi connectivity index (χ0) is 21.6. The fraction of sp³-hybridized carbons (Fsp3) is 0.500. The minimum Gasteiger partial charge on any atom is -0.477 e. The highest BCUT2D eigenvalue weighted by Gasteiger charge is 2.37. The van der Waals surface area contributed by atoms with Gasteiger partial charge in [0.2, 0.25) is 0 Å². The number of hydrogen-bond donors (Lipinski definition) is 1. The van der Waals surface area contributed by atoms with Gasteiger partial charge in [0.05, 0.1) is 5.39 Å². The Morgan fingerprint density at radius 3 is 2.73 bits per heavy atom. The second-order valence-corrected chi connectivity index (χ2v) is 14.9. The zero-order valence-electron chi connectivity index (χ0n) is 17.5. The van der Waals surface area contributed by atoms with Crippen LogP contribution in [0.5, 0.6) is 0 Å². The molecule has 0 amide bonds. The van der Waals surface area contributed by atoms with E-state index in [0.29, 0.717) is 29.0 Å². The molecule has 0 spiro atoms. The number of halogens is 1. The molecule has 0 atom stereocenters. The maximum atomic E-state index is 12.1. The molecule has 1 saturated carbocycles. The molecule has 0 radical (unpaired) electrons. The summed E-state index contributed by atoms with van der Waals surface area (Å²) in [7, 11) is -1.21. The van der Waals surface area contributed by atoms with Crippen molar-refractivity contribution in [2.24, 2.45) is 0 Å². The van der Waals surface area contributed by atoms with Crippen molar-refractivity contribution in [3.63, 3.8) is 0 Å². The van der Waals surface area contributed by atoms with E-state index in [1.54, 1.807) is 0 Å². The van der Waals surface area contributed by atoms with Gasteiger partial charge in [-0.15, -0.1) is 0 Å². The van der Waals surface area contributed by atoms with E-state index in [0.717, 1.165) is 24.6 Å². The number of carbonyl (C=O) groups is 1. The van der Waals surface area contributed by atoms with Crippen molar-refractivity contribution in [1.29, 1.82) is 0 Å². The van der Waals surface area contributed by atoms with E-state index in [1.165, 1.54) is 6.33 Å². The molecular formula is C20H25ClN4O4Si. The minimum atomic E-state index is -1.21. The molecule has 0 saturated heterocycles. The standard InChI is InChI=1S/C20H25ClN4O4Si/c1-11-13(16-15(20(26)27)17(29-24-16)12-5-6-12)14-18(21)22-9-23-19(14)25(11)10-28-7-8-30(2,3)4/h9,12H,5-8,10H2,1-4H3,(H,26,27). The van der Waals surface area contributed by atoms with Gasteiger partial charge in [-0.2, -0.15) is 0 Å². The lowest BCUT2D eigenvalue weighted by molar-refractivity contribution is 0.0695. The number of rotatable bonds is 8. The Bertz CT molecular complexity index is 1110. The second-order valence-electron chi connectivity index (χ2n) is 8.95. The van der Waals surface area contributed by atoms with Gasteiger partial charge in [-0.05, 0) is 25.8 Å². The highest BCUT2D eigenvalue weighted by molar-refractivity contribution is 6.76. The summed E-state index contributed by atoms with van der Waals surface area (Å²) in [5.41, 5.74) is 2.29. The average molecular weight is 449 g/mol. The molecule has 10 heteroatoms. The van der Waals surface area contributed by atoms with Crippen molar-refractivity contribution >= 4 is 36.7 Å². The number of carboxylic acid groups (broad SMARTS) is 1. The number of aromatic carboxylic acids is 1.